The van der Waals surface area contributed by atoms with Crippen molar-refractivity contribution in [3.05, 3.63) is 71.4 Å². The Hall–Kier alpha value is -3.25. The number of benzene rings is 2. The van der Waals surface area contributed by atoms with Crippen LogP contribution in [0.25, 0.3) is 0 Å². The summed E-state index contributed by atoms with van der Waals surface area (Å²) in [6.07, 6.45) is 5.48. The number of hydrogen-bond acceptors (Lipinski definition) is 5. The van der Waals surface area contributed by atoms with Crippen LogP contribution >= 0.6 is 11.6 Å². The Balaban J connectivity index is 1.37. The normalized spacial score (nSPS) is 15.7. The highest BCUT2D eigenvalue weighted by Crippen LogP contribution is 2.40. The summed E-state index contributed by atoms with van der Waals surface area (Å²) in [6, 6.07) is 17.2. The number of amides is 1. The number of carbonyl (C=O) groups excluding carboxylic acids is 1. The van der Waals surface area contributed by atoms with Gasteiger partial charge in [-0.25, -0.2) is 4.98 Å². The average Bonchev–Trinajstić information content (AvgIpc) is 2.85. The zero-order valence-corrected chi connectivity index (χ0v) is 18.5. The summed E-state index contributed by atoms with van der Waals surface area (Å²) < 4.78 is 5.92. The summed E-state index contributed by atoms with van der Waals surface area (Å²) in [7, 11) is 0. The third-order valence-corrected chi connectivity index (χ3v) is 6.23. The molecule has 7 heteroatoms. The molecule has 1 N–H and O–H groups in total. The van der Waals surface area contributed by atoms with E-state index in [-0.39, 0.29) is 5.91 Å². The van der Waals surface area contributed by atoms with E-state index in [4.69, 9.17) is 16.3 Å². The van der Waals surface area contributed by atoms with Crippen molar-refractivity contribution in [1.82, 2.24) is 4.98 Å². The van der Waals surface area contributed by atoms with E-state index in [9.17, 15) is 4.79 Å². The first-order valence-corrected chi connectivity index (χ1v) is 11.4. The summed E-state index contributed by atoms with van der Waals surface area (Å²) in [5.74, 6) is 0.994. The van der Waals surface area contributed by atoms with Crippen LogP contribution in [0, 0.1) is 0 Å². The number of rotatable bonds is 4. The average molecular weight is 449 g/mol. The Bertz CT molecular complexity index is 1110. The number of nitrogens with one attached hydrogen (secondary N) is 1. The van der Waals surface area contributed by atoms with Crippen molar-refractivity contribution in [3.8, 4) is 5.75 Å². The molecular weight excluding hydrogens is 424 g/mol. The van der Waals surface area contributed by atoms with Gasteiger partial charge in [0.25, 0.3) is 5.91 Å². The van der Waals surface area contributed by atoms with Crippen LogP contribution in [0.3, 0.4) is 0 Å². The van der Waals surface area contributed by atoms with Crippen LogP contribution < -0.4 is 19.9 Å². The number of pyridine rings is 1. The topological polar surface area (TPSA) is 57.7 Å². The van der Waals surface area contributed by atoms with Crippen LogP contribution in [-0.2, 0) is 0 Å². The summed E-state index contributed by atoms with van der Waals surface area (Å²) in [6.45, 7) is 3.23. The molecule has 32 heavy (non-hydrogen) atoms. The van der Waals surface area contributed by atoms with Crippen molar-refractivity contribution < 1.29 is 9.53 Å². The minimum absolute atomic E-state index is 0.207. The van der Waals surface area contributed by atoms with Gasteiger partial charge in [-0.1, -0.05) is 17.7 Å². The number of anilines is 4. The zero-order valence-electron chi connectivity index (χ0n) is 17.8. The van der Waals surface area contributed by atoms with E-state index in [1.807, 2.05) is 35.2 Å². The van der Waals surface area contributed by atoms with Gasteiger partial charge in [0.1, 0.15) is 6.61 Å². The molecule has 5 rings (SSSR count). The first-order chi connectivity index (χ1) is 15.7. The van der Waals surface area contributed by atoms with E-state index in [1.54, 1.807) is 18.3 Å². The summed E-state index contributed by atoms with van der Waals surface area (Å²) in [4.78, 5) is 21.9. The molecule has 3 aromatic rings. The second-order valence-electron chi connectivity index (χ2n) is 8.01. The van der Waals surface area contributed by atoms with E-state index < -0.39 is 0 Å². The van der Waals surface area contributed by atoms with Gasteiger partial charge in [0.05, 0.1) is 22.8 Å². The molecule has 2 aliphatic heterocycles. The number of nitrogens with zero attached hydrogens (tertiary/aromatic N) is 3. The smallest absolute Gasteiger partial charge is 0.259 e. The van der Waals surface area contributed by atoms with E-state index in [2.05, 4.69) is 27.3 Å². The highest BCUT2D eigenvalue weighted by atomic mass is 35.5. The van der Waals surface area contributed by atoms with Crippen LogP contribution in [-0.4, -0.2) is 37.1 Å². The lowest BCUT2D eigenvalue weighted by Crippen LogP contribution is -2.30. The molecule has 3 heterocycles. The van der Waals surface area contributed by atoms with Gasteiger partial charge in [0.15, 0.2) is 11.6 Å². The fraction of sp³-hybridized carbons (Fsp3) is 0.280. The Labute approximate surface area is 192 Å². The lowest BCUT2D eigenvalue weighted by atomic mass is 10.1. The Morgan fingerprint density at radius 3 is 2.56 bits per heavy atom. The van der Waals surface area contributed by atoms with Gasteiger partial charge in [-0.15, -0.1) is 0 Å². The molecule has 1 aromatic heterocycles. The predicted octanol–water partition coefficient (Wildman–Crippen LogP) is 5.51. The second-order valence-corrected chi connectivity index (χ2v) is 8.42. The Morgan fingerprint density at radius 2 is 1.78 bits per heavy atom. The first-order valence-electron chi connectivity index (χ1n) is 11.0. The number of piperidine rings is 1. The van der Waals surface area contributed by atoms with Gasteiger partial charge in [-0.05, 0) is 67.8 Å². The molecule has 6 nitrogen and oxygen atoms in total. The number of hydrogen-bond donors (Lipinski definition) is 1. The van der Waals surface area contributed by atoms with Crippen molar-refractivity contribution >= 4 is 40.4 Å². The summed E-state index contributed by atoms with van der Waals surface area (Å²) in [5, 5.41) is 3.57. The molecule has 2 aromatic carbocycles. The molecule has 0 radical (unpaired) electrons. The highest BCUT2D eigenvalue weighted by Gasteiger charge is 2.26. The number of carbonyl (C=O) groups is 1. The van der Waals surface area contributed by atoms with E-state index in [0.29, 0.717) is 35.3 Å². The van der Waals surface area contributed by atoms with Crippen molar-refractivity contribution in [2.75, 3.05) is 41.4 Å². The van der Waals surface area contributed by atoms with Crippen molar-refractivity contribution in [1.29, 1.82) is 0 Å². The lowest BCUT2D eigenvalue weighted by molar-refractivity contribution is 0.102. The molecule has 0 spiro atoms. The third-order valence-electron chi connectivity index (χ3n) is 5.93. The van der Waals surface area contributed by atoms with E-state index >= 15 is 0 Å². The molecule has 164 valence electrons. The number of para-hydroxylation sites is 1. The minimum Gasteiger partial charge on any atom is -0.489 e. The fourth-order valence-electron chi connectivity index (χ4n) is 4.33. The molecular formula is C25H25ClN4O2. The zero-order chi connectivity index (χ0) is 21.9. The second kappa shape index (κ2) is 9.09. The Kier molecular flexibility index (Phi) is 5.86. The van der Waals surface area contributed by atoms with Crippen LogP contribution in [0.2, 0.25) is 5.02 Å². The van der Waals surface area contributed by atoms with E-state index in [0.717, 1.165) is 24.5 Å². The van der Waals surface area contributed by atoms with Gasteiger partial charge in [-0.2, -0.15) is 0 Å². The monoisotopic (exact) mass is 448 g/mol. The van der Waals surface area contributed by atoms with E-state index in [1.165, 1.54) is 24.9 Å². The molecule has 0 atom stereocenters. The summed E-state index contributed by atoms with van der Waals surface area (Å²) in [5.41, 5.74) is 3.23. The number of fused-ring (bicyclic) bond motifs is 1. The number of ether oxygens (including phenoxy) is 1. The van der Waals surface area contributed by atoms with Crippen LogP contribution in [0.1, 0.15) is 29.6 Å². The molecule has 1 fully saturated rings. The van der Waals surface area contributed by atoms with Gasteiger partial charge in [0, 0.05) is 30.7 Å². The highest BCUT2D eigenvalue weighted by molar-refractivity contribution is 6.33. The molecule has 0 saturated carbocycles. The van der Waals surface area contributed by atoms with Crippen molar-refractivity contribution in [2.24, 2.45) is 0 Å². The predicted molar refractivity (Wildman–Crippen MR) is 129 cm³/mol. The fourth-order valence-corrected chi connectivity index (χ4v) is 4.55. The molecule has 2 aliphatic rings. The quantitative estimate of drug-likeness (QED) is 0.570. The molecule has 0 unspecified atom stereocenters. The maximum Gasteiger partial charge on any atom is 0.259 e. The maximum atomic E-state index is 13.1. The third kappa shape index (κ3) is 4.10. The molecule has 0 bridgehead atoms. The lowest BCUT2D eigenvalue weighted by Gasteiger charge is -2.31. The largest absolute Gasteiger partial charge is 0.489 e. The molecule has 1 saturated heterocycles. The Morgan fingerprint density at radius 1 is 0.969 bits per heavy atom. The van der Waals surface area contributed by atoms with Gasteiger partial charge < -0.3 is 19.9 Å². The molecule has 1 amide bonds. The maximum absolute atomic E-state index is 13.1. The van der Waals surface area contributed by atoms with Crippen molar-refractivity contribution in [2.45, 2.75) is 19.3 Å². The van der Waals surface area contributed by atoms with Crippen molar-refractivity contribution in [3.63, 3.8) is 0 Å². The SMILES string of the molecule is O=C(Nc1ccc(N2CCCCC2)cc1)c1cccc2c1OCCN2c1ncccc1Cl. The van der Waals surface area contributed by atoms with Gasteiger partial charge >= 0.3 is 0 Å². The van der Waals surface area contributed by atoms with Crippen LogP contribution in [0.4, 0.5) is 22.9 Å². The number of aromatic nitrogens is 1. The van der Waals surface area contributed by atoms with Gasteiger partial charge in [0.2, 0.25) is 0 Å². The van der Waals surface area contributed by atoms with Crippen LogP contribution in [0.15, 0.2) is 60.8 Å². The number of halogens is 1. The first kappa shape index (κ1) is 20.6. The van der Waals surface area contributed by atoms with Crippen LogP contribution in [0.5, 0.6) is 5.75 Å². The standard InChI is InChI=1S/C25H25ClN4O2/c26-21-7-5-13-27-24(21)30-16-17-32-23-20(6-4-8-22(23)30)25(31)28-18-9-11-19(12-10-18)29-14-2-1-3-15-29/h4-13H,1-3,14-17H2,(H,28,31). The molecule has 0 aliphatic carbocycles. The van der Waals surface area contributed by atoms with Gasteiger partial charge in [-0.3, -0.25) is 4.79 Å². The summed E-state index contributed by atoms with van der Waals surface area (Å²) >= 11 is 6.37. The minimum atomic E-state index is -0.207.